The minimum absolute atomic E-state index is 0.0831. The lowest BCUT2D eigenvalue weighted by Gasteiger charge is -2.17. The molecule has 1 amide bonds. The number of nitrogens with two attached hydrogens (primary N) is 1. The smallest absolute Gasteiger partial charge is 0.257 e. The van der Waals surface area contributed by atoms with E-state index in [2.05, 4.69) is 5.32 Å². The second-order valence-corrected chi connectivity index (χ2v) is 4.67. The highest BCUT2D eigenvalue weighted by atomic mass is 16.5. The molecule has 1 unspecified atom stereocenters. The quantitative estimate of drug-likeness (QED) is 0.680. The number of carbonyl (C=O) groups excluding carboxylic acids is 1. The average Bonchev–Trinajstić information content (AvgIpc) is 2.36. The van der Waals surface area contributed by atoms with E-state index in [0.717, 1.165) is 0 Å². The molecule has 0 spiro atoms. The highest BCUT2D eigenvalue weighted by molar-refractivity contribution is 6.01. The first-order chi connectivity index (χ1) is 8.97. The third-order valence-corrected chi connectivity index (χ3v) is 2.83. The summed E-state index contributed by atoms with van der Waals surface area (Å²) in [7, 11) is 0. The normalized spacial score (nSPS) is 12.3. The lowest BCUT2D eigenvalue weighted by molar-refractivity contribution is 0.0869. The SMILES string of the molecule is CCOc1cccc(N)c1C(=O)NCC(O)C(C)C. The summed E-state index contributed by atoms with van der Waals surface area (Å²) in [5, 5.41) is 12.4. The summed E-state index contributed by atoms with van der Waals surface area (Å²) in [5.41, 5.74) is 6.50. The first-order valence-electron chi connectivity index (χ1n) is 6.44. The van der Waals surface area contributed by atoms with Gasteiger partial charge in [-0.05, 0) is 25.0 Å². The molecule has 1 aromatic rings. The van der Waals surface area contributed by atoms with Crippen LogP contribution >= 0.6 is 0 Å². The predicted molar refractivity (Wildman–Crippen MR) is 75.2 cm³/mol. The van der Waals surface area contributed by atoms with Crippen molar-refractivity contribution in [1.82, 2.24) is 5.32 Å². The Morgan fingerprint density at radius 3 is 2.74 bits per heavy atom. The molecule has 0 aliphatic heterocycles. The lowest BCUT2D eigenvalue weighted by atomic mass is 10.1. The maximum Gasteiger partial charge on any atom is 0.257 e. The van der Waals surface area contributed by atoms with E-state index in [1.807, 2.05) is 20.8 Å². The van der Waals surface area contributed by atoms with Crippen molar-refractivity contribution in [3.8, 4) is 5.75 Å². The van der Waals surface area contributed by atoms with E-state index >= 15 is 0 Å². The summed E-state index contributed by atoms with van der Waals surface area (Å²) in [6.07, 6.45) is -0.579. The number of rotatable bonds is 6. The number of hydrogen-bond acceptors (Lipinski definition) is 4. The average molecular weight is 266 g/mol. The highest BCUT2D eigenvalue weighted by Crippen LogP contribution is 2.24. The number of nitrogen functional groups attached to an aromatic ring is 1. The van der Waals surface area contributed by atoms with Crippen LogP contribution < -0.4 is 15.8 Å². The molecule has 5 heteroatoms. The van der Waals surface area contributed by atoms with E-state index in [1.165, 1.54) is 0 Å². The van der Waals surface area contributed by atoms with Crippen LogP contribution in [0.5, 0.6) is 5.75 Å². The van der Waals surface area contributed by atoms with Crippen molar-refractivity contribution in [1.29, 1.82) is 0 Å². The van der Waals surface area contributed by atoms with Crippen molar-refractivity contribution in [3.05, 3.63) is 23.8 Å². The molecule has 0 heterocycles. The van der Waals surface area contributed by atoms with Gasteiger partial charge in [-0.25, -0.2) is 0 Å². The van der Waals surface area contributed by atoms with Crippen LogP contribution in [0.1, 0.15) is 31.1 Å². The Morgan fingerprint density at radius 2 is 2.16 bits per heavy atom. The van der Waals surface area contributed by atoms with Crippen LogP contribution in [0.25, 0.3) is 0 Å². The topological polar surface area (TPSA) is 84.6 Å². The fourth-order valence-electron chi connectivity index (χ4n) is 1.59. The fourth-order valence-corrected chi connectivity index (χ4v) is 1.59. The molecule has 0 saturated heterocycles. The molecule has 0 fully saturated rings. The molecule has 0 aliphatic carbocycles. The largest absolute Gasteiger partial charge is 0.493 e. The molecule has 0 saturated carbocycles. The number of benzene rings is 1. The molecule has 0 aromatic heterocycles. The number of amides is 1. The molecule has 4 N–H and O–H groups in total. The number of hydrogen-bond donors (Lipinski definition) is 3. The number of aliphatic hydroxyl groups excluding tert-OH is 1. The van der Waals surface area contributed by atoms with Gasteiger partial charge < -0.3 is 20.9 Å². The Balaban J connectivity index is 2.81. The van der Waals surface area contributed by atoms with Gasteiger partial charge in [-0.3, -0.25) is 4.79 Å². The maximum absolute atomic E-state index is 12.1. The zero-order valence-corrected chi connectivity index (χ0v) is 11.6. The molecule has 0 bridgehead atoms. The third kappa shape index (κ3) is 4.13. The first kappa shape index (κ1) is 15.3. The van der Waals surface area contributed by atoms with Gasteiger partial charge in [0.25, 0.3) is 5.91 Å². The molecular formula is C14H22N2O3. The summed E-state index contributed by atoms with van der Waals surface area (Å²) in [4.78, 5) is 12.1. The van der Waals surface area contributed by atoms with E-state index in [1.54, 1.807) is 18.2 Å². The second-order valence-electron chi connectivity index (χ2n) is 4.67. The van der Waals surface area contributed by atoms with Gasteiger partial charge in [0.2, 0.25) is 0 Å². The standard InChI is InChI=1S/C14H22N2O3/c1-4-19-12-7-5-6-10(15)13(12)14(18)16-8-11(17)9(2)3/h5-7,9,11,17H,4,8,15H2,1-3H3,(H,16,18). The van der Waals surface area contributed by atoms with Crippen molar-refractivity contribution in [2.75, 3.05) is 18.9 Å². The van der Waals surface area contributed by atoms with Gasteiger partial charge in [0, 0.05) is 12.2 Å². The van der Waals surface area contributed by atoms with Gasteiger partial charge in [-0.2, -0.15) is 0 Å². The molecule has 106 valence electrons. The summed E-state index contributed by atoms with van der Waals surface area (Å²) < 4.78 is 5.39. The minimum Gasteiger partial charge on any atom is -0.493 e. The molecule has 5 nitrogen and oxygen atoms in total. The predicted octanol–water partition coefficient (Wildman–Crippen LogP) is 1.41. The van der Waals surface area contributed by atoms with Crippen LogP contribution in [0.2, 0.25) is 0 Å². The van der Waals surface area contributed by atoms with Crippen LogP contribution in [0.3, 0.4) is 0 Å². The Hall–Kier alpha value is -1.75. The van der Waals surface area contributed by atoms with Gasteiger partial charge in [0.05, 0.1) is 12.7 Å². The van der Waals surface area contributed by atoms with Crippen molar-refractivity contribution >= 4 is 11.6 Å². The van der Waals surface area contributed by atoms with E-state index in [9.17, 15) is 9.90 Å². The van der Waals surface area contributed by atoms with Gasteiger partial charge in [0.1, 0.15) is 11.3 Å². The Bertz CT molecular complexity index is 433. The van der Waals surface area contributed by atoms with Gasteiger partial charge in [-0.15, -0.1) is 0 Å². The molecule has 1 aromatic carbocycles. The van der Waals surface area contributed by atoms with Crippen LogP contribution in [-0.2, 0) is 0 Å². The van der Waals surface area contributed by atoms with Gasteiger partial charge in [0.15, 0.2) is 0 Å². The van der Waals surface area contributed by atoms with Crippen LogP contribution in [0.15, 0.2) is 18.2 Å². The number of nitrogens with one attached hydrogen (secondary N) is 1. The summed E-state index contributed by atoms with van der Waals surface area (Å²) in [6.45, 7) is 6.26. The van der Waals surface area contributed by atoms with Crippen LogP contribution in [0, 0.1) is 5.92 Å². The fraction of sp³-hybridized carbons (Fsp3) is 0.500. The van der Waals surface area contributed by atoms with Crippen molar-refractivity contribution < 1.29 is 14.6 Å². The van der Waals surface area contributed by atoms with Gasteiger partial charge in [-0.1, -0.05) is 19.9 Å². The molecule has 19 heavy (non-hydrogen) atoms. The van der Waals surface area contributed by atoms with E-state index < -0.39 is 6.10 Å². The van der Waals surface area contributed by atoms with Crippen molar-refractivity contribution in [3.63, 3.8) is 0 Å². The third-order valence-electron chi connectivity index (χ3n) is 2.83. The maximum atomic E-state index is 12.1. The van der Waals surface area contributed by atoms with Crippen LogP contribution in [0.4, 0.5) is 5.69 Å². The van der Waals surface area contributed by atoms with Crippen molar-refractivity contribution in [2.45, 2.75) is 26.9 Å². The summed E-state index contributed by atoms with van der Waals surface area (Å²) in [5.74, 6) is 0.208. The summed E-state index contributed by atoms with van der Waals surface area (Å²) in [6, 6.07) is 5.09. The molecule has 0 radical (unpaired) electrons. The number of carbonyl (C=O) groups is 1. The highest BCUT2D eigenvalue weighted by Gasteiger charge is 2.17. The Labute approximate surface area is 113 Å². The number of ether oxygens (including phenoxy) is 1. The minimum atomic E-state index is -0.579. The Morgan fingerprint density at radius 1 is 1.47 bits per heavy atom. The molecule has 0 aliphatic rings. The zero-order chi connectivity index (χ0) is 14.4. The van der Waals surface area contributed by atoms with Crippen LogP contribution in [-0.4, -0.2) is 30.3 Å². The molecule has 1 rings (SSSR count). The first-order valence-corrected chi connectivity index (χ1v) is 6.44. The van der Waals surface area contributed by atoms with Gasteiger partial charge >= 0.3 is 0 Å². The zero-order valence-electron chi connectivity index (χ0n) is 11.6. The Kier molecular flexibility index (Phi) is 5.63. The monoisotopic (exact) mass is 266 g/mol. The lowest BCUT2D eigenvalue weighted by Crippen LogP contribution is -2.35. The van der Waals surface area contributed by atoms with E-state index in [4.69, 9.17) is 10.5 Å². The summed E-state index contributed by atoms with van der Waals surface area (Å²) >= 11 is 0. The second kappa shape index (κ2) is 6.99. The van der Waals surface area contributed by atoms with E-state index in [-0.39, 0.29) is 18.4 Å². The number of anilines is 1. The van der Waals surface area contributed by atoms with E-state index in [0.29, 0.717) is 23.6 Å². The molecule has 1 atom stereocenters. The molecular weight excluding hydrogens is 244 g/mol. The number of aliphatic hydroxyl groups is 1. The van der Waals surface area contributed by atoms with Crippen molar-refractivity contribution in [2.24, 2.45) is 5.92 Å².